The summed E-state index contributed by atoms with van der Waals surface area (Å²) in [6.45, 7) is 0.0707. The van der Waals surface area contributed by atoms with Crippen molar-refractivity contribution in [2.75, 3.05) is 5.32 Å². The van der Waals surface area contributed by atoms with E-state index in [0.717, 1.165) is 24.1 Å². The average Bonchev–Trinajstić information content (AvgIpc) is 2.84. The SMILES string of the molecule is OCc1ccccc1NC1CCc2c(Br)cccc21. The van der Waals surface area contributed by atoms with Gasteiger partial charge in [0.25, 0.3) is 0 Å². The maximum Gasteiger partial charge on any atom is 0.0701 e. The van der Waals surface area contributed by atoms with Crippen LogP contribution < -0.4 is 5.32 Å². The summed E-state index contributed by atoms with van der Waals surface area (Å²) in [7, 11) is 0. The first-order valence-electron chi connectivity index (χ1n) is 6.52. The van der Waals surface area contributed by atoms with E-state index in [1.54, 1.807) is 0 Å². The van der Waals surface area contributed by atoms with Crippen molar-refractivity contribution in [1.29, 1.82) is 0 Å². The molecule has 2 N–H and O–H groups in total. The highest BCUT2D eigenvalue weighted by molar-refractivity contribution is 9.10. The Balaban J connectivity index is 1.89. The fourth-order valence-corrected chi connectivity index (χ4v) is 3.33. The van der Waals surface area contributed by atoms with Crippen LogP contribution in [0.25, 0.3) is 0 Å². The minimum absolute atomic E-state index is 0.0707. The van der Waals surface area contributed by atoms with E-state index < -0.39 is 0 Å². The van der Waals surface area contributed by atoms with Crippen molar-refractivity contribution in [1.82, 2.24) is 0 Å². The molecule has 2 aromatic carbocycles. The fraction of sp³-hybridized carbons (Fsp3) is 0.250. The fourth-order valence-electron chi connectivity index (χ4n) is 2.75. The van der Waals surface area contributed by atoms with E-state index in [9.17, 15) is 5.11 Å². The number of nitrogens with one attached hydrogen (secondary N) is 1. The molecule has 0 bridgehead atoms. The van der Waals surface area contributed by atoms with Crippen molar-refractivity contribution in [3.63, 3.8) is 0 Å². The van der Waals surface area contributed by atoms with Gasteiger partial charge in [0.15, 0.2) is 0 Å². The zero-order valence-electron chi connectivity index (χ0n) is 10.6. The van der Waals surface area contributed by atoms with Crippen molar-refractivity contribution in [2.24, 2.45) is 0 Å². The third-order valence-corrected chi connectivity index (χ3v) is 4.47. The molecular formula is C16H16BrNO. The average molecular weight is 318 g/mol. The third-order valence-electron chi connectivity index (χ3n) is 3.73. The molecule has 3 rings (SSSR count). The van der Waals surface area contributed by atoms with Crippen molar-refractivity contribution in [3.8, 4) is 0 Å². The van der Waals surface area contributed by atoms with Crippen LogP contribution in [0.15, 0.2) is 46.9 Å². The van der Waals surface area contributed by atoms with Crippen LogP contribution in [0.4, 0.5) is 5.69 Å². The van der Waals surface area contributed by atoms with Crippen molar-refractivity contribution < 1.29 is 5.11 Å². The monoisotopic (exact) mass is 317 g/mol. The molecule has 0 heterocycles. The van der Waals surface area contributed by atoms with E-state index in [1.165, 1.54) is 15.6 Å². The molecule has 0 saturated carbocycles. The Labute approximate surface area is 121 Å². The van der Waals surface area contributed by atoms with Crippen molar-refractivity contribution >= 4 is 21.6 Å². The molecule has 2 nitrogen and oxygen atoms in total. The minimum Gasteiger partial charge on any atom is -0.392 e. The molecule has 1 aliphatic rings. The molecule has 0 amide bonds. The van der Waals surface area contributed by atoms with Gasteiger partial charge in [0.1, 0.15) is 0 Å². The van der Waals surface area contributed by atoms with Gasteiger partial charge in [-0.25, -0.2) is 0 Å². The maximum atomic E-state index is 9.38. The van der Waals surface area contributed by atoms with Gasteiger partial charge in [0.2, 0.25) is 0 Å². The second-order valence-electron chi connectivity index (χ2n) is 4.86. The molecule has 1 unspecified atom stereocenters. The molecule has 0 aliphatic heterocycles. The molecule has 19 heavy (non-hydrogen) atoms. The molecule has 0 fully saturated rings. The van der Waals surface area contributed by atoms with Gasteiger partial charge in [-0.15, -0.1) is 0 Å². The Morgan fingerprint density at radius 1 is 1.16 bits per heavy atom. The Hall–Kier alpha value is -1.32. The number of benzene rings is 2. The summed E-state index contributed by atoms with van der Waals surface area (Å²) in [6, 6.07) is 14.6. The van der Waals surface area contributed by atoms with Gasteiger partial charge in [0, 0.05) is 15.7 Å². The van der Waals surface area contributed by atoms with Gasteiger partial charge < -0.3 is 10.4 Å². The summed E-state index contributed by atoms with van der Waals surface area (Å²) < 4.78 is 1.20. The number of rotatable bonds is 3. The first-order chi connectivity index (χ1) is 9.29. The molecule has 0 radical (unpaired) electrons. The molecule has 1 aliphatic carbocycles. The number of para-hydroxylation sites is 1. The largest absolute Gasteiger partial charge is 0.392 e. The normalized spacial score (nSPS) is 17.3. The first kappa shape index (κ1) is 12.7. The topological polar surface area (TPSA) is 32.3 Å². The van der Waals surface area contributed by atoms with Crippen LogP contribution in [0.3, 0.4) is 0 Å². The Morgan fingerprint density at radius 3 is 2.84 bits per heavy atom. The van der Waals surface area contributed by atoms with Gasteiger partial charge in [-0.3, -0.25) is 0 Å². The lowest BCUT2D eigenvalue weighted by Crippen LogP contribution is -2.08. The van der Waals surface area contributed by atoms with Crippen LogP contribution in [0.2, 0.25) is 0 Å². The van der Waals surface area contributed by atoms with Gasteiger partial charge in [-0.2, -0.15) is 0 Å². The van der Waals surface area contributed by atoms with Crippen molar-refractivity contribution in [3.05, 3.63) is 63.6 Å². The van der Waals surface area contributed by atoms with Crippen LogP contribution in [0.5, 0.6) is 0 Å². The van der Waals surface area contributed by atoms with E-state index in [1.807, 2.05) is 24.3 Å². The highest BCUT2D eigenvalue weighted by Gasteiger charge is 2.24. The van der Waals surface area contributed by atoms with E-state index in [0.29, 0.717) is 6.04 Å². The smallest absolute Gasteiger partial charge is 0.0701 e. The van der Waals surface area contributed by atoms with Crippen LogP contribution >= 0.6 is 15.9 Å². The highest BCUT2D eigenvalue weighted by atomic mass is 79.9. The van der Waals surface area contributed by atoms with Crippen LogP contribution in [0.1, 0.15) is 29.2 Å². The lowest BCUT2D eigenvalue weighted by molar-refractivity contribution is 0.282. The van der Waals surface area contributed by atoms with Gasteiger partial charge in [-0.1, -0.05) is 46.3 Å². The second kappa shape index (κ2) is 5.35. The minimum atomic E-state index is 0.0707. The predicted octanol–water partition coefficient (Wildman–Crippen LogP) is 4.04. The molecule has 0 spiro atoms. The number of halogens is 1. The summed E-state index contributed by atoms with van der Waals surface area (Å²) in [5, 5.41) is 12.9. The number of hydrogen-bond donors (Lipinski definition) is 2. The summed E-state index contributed by atoms with van der Waals surface area (Å²) in [5.41, 5.74) is 4.75. The summed E-state index contributed by atoms with van der Waals surface area (Å²) in [6.07, 6.45) is 2.19. The van der Waals surface area contributed by atoms with E-state index in [2.05, 4.69) is 39.4 Å². The number of fused-ring (bicyclic) bond motifs is 1. The lowest BCUT2D eigenvalue weighted by atomic mass is 10.1. The summed E-state index contributed by atoms with van der Waals surface area (Å²) >= 11 is 3.62. The molecule has 0 aromatic heterocycles. The Kier molecular flexibility index (Phi) is 3.58. The first-order valence-corrected chi connectivity index (χ1v) is 7.31. The quantitative estimate of drug-likeness (QED) is 0.895. The summed E-state index contributed by atoms with van der Waals surface area (Å²) in [5.74, 6) is 0. The molecule has 0 saturated heterocycles. The zero-order chi connectivity index (χ0) is 13.2. The molecular weight excluding hydrogens is 302 g/mol. The van der Waals surface area contributed by atoms with Crippen LogP contribution in [-0.2, 0) is 13.0 Å². The number of anilines is 1. The Morgan fingerprint density at radius 2 is 2.00 bits per heavy atom. The third kappa shape index (κ3) is 2.40. The molecule has 98 valence electrons. The van der Waals surface area contributed by atoms with Gasteiger partial charge in [-0.05, 0) is 36.1 Å². The number of aliphatic hydroxyl groups excluding tert-OH is 1. The van der Waals surface area contributed by atoms with E-state index >= 15 is 0 Å². The lowest BCUT2D eigenvalue weighted by Gasteiger charge is -2.18. The molecule has 2 aromatic rings. The van der Waals surface area contributed by atoms with Crippen LogP contribution in [0, 0.1) is 0 Å². The van der Waals surface area contributed by atoms with Crippen molar-refractivity contribution in [2.45, 2.75) is 25.5 Å². The molecule has 1 atom stereocenters. The molecule has 3 heteroatoms. The predicted molar refractivity (Wildman–Crippen MR) is 81.2 cm³/mol. The van der Waals surface area contributed by atoms with Gasteiger partial charge in [0.05, 0.1) is 12.6 Å². The van der Waals surface area contributed by atoms with Crippen LogP contribution in [-0.4, -0.2) is 5.11 Å². The Bertz CT molecular complexity index is 597. The maximum absolute atomic E-state index is 9.38. The van der Waals surface area contributed by atoms with E-state index in [-0.39, 0.29) is 6.61 Å². The van der Waals surface area contributed by atoms with Gasteiger partial charge >= 0.3 is 0 Å². The number of hydrogen-bond acceptors (Lipinski definition) is 2. The van der Waals surface area contributed by atoms with E-state index in [4.69, 9.17) is 0 Å². The number of aliphatic hydroxyl groups is 1. The summed E-state index contributed by atoms with van der Waals surface area (Å²) in [4.78, 5) is 0. The second-order valence-corrected chi connectivity index (χ2v) is 5.71. The zero-order valence-corrected chi connectivity index (χ0v) is 12.2. The standard InChI is InChI=1S/C16H16BrNO/c17-14-6-3-5-13-12(14)8-9-16(13)18-15-7-2-1-4-11(15)10-19/h1-7,16,18-19H,8-10H2. The highest BCUT2D eigenvalue weighted by Crippen LogP contribution is 2.38.